The quantitative estimate of drug-likeness (QED) is 0.788. The minimum atomic E-state index is 1.01. The van der Waals surface area contributed by atoms with E-state index in [2.05, 4.69) is 34.6 Å². The van der Waals surface area contributed by atoms with Crippen molar-refractivity contribution < 1.29 is 0 Å². The summed E-state index contributed by atoms with van der Waals surface area (Å²) in [6.07, 6.45) is 7.25. The van der Waals surface area contributed by atoms with E-state index in [1.165, 1.54) is 5.39 Å². The monoisotopic (exact) mass is 212 g/mol. The Bertz CT molecular complexity index is 489. The number of fused-ring (bicyclic) bond motifs is 1. The maximum atomic E-state index is 4.41. The highest BCUT2D eigenvalue weighted by atomic mass is 14.8. The molecule has 1 aromatic heterocycles. The molecule has 0 saturated heterocycles. The van der Waals surface area contributed by atoms with Crippen LogP contribution >= 0.6 is 0 Å². The van der Waals surface area contributed by atoms with Gasteiger partial charge < -0.3 is 5.32 Å². The zero-order valence-corrected chi connectivity index (χ0v) is 9.48. The van der Waals surface area contributed by atoms with Gasteiger partial charge in [0.05, 0.1) is 5.52 Å². The zero-order chi connectivity index (χ0) is 11.2. The number of benzene rings is 1. The molecule has 0 saturated carbocycles. The molecule has 1 heterocycles. The lowest BCUT2D eigenvalue weighted by molar-refractivity contribution is 0.809. The van der Waals surface area contributed by atoms with Crippen LogP contribution in [0.3, 0.4) is 0 Å². The van der Waals surface area contributed by atoms with Gasteiger partial charge in [0.25, 0.3) is 0 Å². The largest absolute Gasteiger partial charge is 0.319 e. The number of aromatic nitrogens is 1. The van der Waals surface area contributed by atoms with Crippen LogP contribution in [0, 0.1) is 0 Å². The summed E-state index contributed by atoms with van der Waals surface area (Å²) in [4.78, 5) is 4.41. The lowest BCUT2D eigenvalue weighted by Crippen LogP contribution is -2.05. The fraction of sp³-hybridized carbons (Fsp3) is 0.214. The van der Waals surface area contributed by atoms with Gasteiger partial charge in [0.2, 0.25) is 0 Å². The van der Waals surface area contributed by atoms with Crippen molar-refractivity contribution in [2.45, 2.75) is 6.42 Å². The molecule has 2 rings (SSSR count). The van der Waals surface area contributed by atoms with Crippen molar-refractivity contribution in [1.29, 1.82) is 0 Å². The summed E-state index contributed by atoms with van der Waals surface area (Å²) < 4.78 is 0. The Labute approximate surface area is 96.0 Å². The minimum Gasteiger partial charge on any atom is -0.319 e. The number of para-hydroxylation sites is 1. The summed E-state index contributed by atoms with van der Waals surface area (Å²) in [7, 11) is 1.96. The van der Waals surface area contributed by atoms with Crippen LogP contribution in [0.4, 0.5) is 0 Å². The second-order valence-electron chi connectivity index (χ2n) is 3.76. The maximum Gasteiger partial charge on any atom is 0.0702 e. The summed E-state index contributed by atoms with van der Waals surface area (Å²) in [5.41, 5.74) is 2.21. The van der Waals surface area contributed by atoms with Gasteiger partial charge in [-0.2, -0.15) is 0 Å². The van der Waals surface area contributed by atoms with Gasteiger partial charge in [-0.1, -0.05) is 30.4 Å². The SMILES string of the molecule is CNCCC=Cc1cnc2ccccc2c1. The predicted octanol–water partition coefficient (Wildman–Crippen LogP) is 2.86. The molecule has 0 aliphatic heterocycles. The van der Waals surface area contributed by atoms with Gasteiger partial charge in [-0.05, 0) is 37.7 Å². The first-order valence-electron chi connectivity index (χ1n) is 5.56. The zero-order valence-electron chi connectivity index (χ0n) is 9.48. The van der Waals surface area contributed by atoms with Gasteiger partial charge >= 0.3 is 0 Å². The second-order valence-corrected chi connectivity index (χ2v) is 3.76. The number of pyridine rings is 1. The molecular weight excluding hydrogens is 196 g/mol. The molecule has 0 amide bonds. The molecule has 0 bridgehead atoms. The normalized spacial score (nSPS) is 11.3. The Hall–Kier alpha value is -1.67. The van der Waals surface area contributed by atoms with Gasteiger partial charge in [0.1, 0.15) is 0 Å². The van der Waals surface area contributed by atoms with E-state index in [1.807, 2.05) is 31.4 Å². The molecule has 2 aromatic rings. The Morgan fingerprint density at radius 2 is 2.19 bits per heavy atom. The average molecular weight is 212 g/mol. The van der Waals surface area contributed by atoms with Crippen molar-refractivity contribution in [2.75, 3.05) is 13.6 Å². The van der Waals surface area contributed by atoms with Crippen molar-refractivity contribution in [3.8, 4) is 0 Å². The first kappa shape index (κ1) is 10.8. The van der Waals surface area contributed by atoms with E-state index in [9.17, 15) is 0 Å². The third kappa shape index (κ3) is 2.67. The maximum absolute atomic E-state index is 4.41. The molecule has 16 heavy (non-hydrogen) atoms. The Morgan fingerprint density at radius 1 is 1.31 bits per heavy atom. The van der Waals surface area contributed by atoms with Crippen LogP contribution in [0.5, 0.6) is 0 Å². The van der Waals surface area contributed by atoms with Crippen LogP contribution in [0.15, 0.2) is 42.6 Å². The number of rotatable bonds is 4. The molecule has 0 aliphatic rings. The van der Waals surface area contributed by atoms with E-state index in [-0.39, 0.29) is 0 Å². The molecular formula is C14H16N2. The van der Waals surface area contributed by atoms with E-state index < -0.39 is 0 Å². The van der Waals surface area contributed by atoms with Gasteiger partial charge in [-0.3, -0.25) is 4.98 Å². The van der Waals surface area contributed by atoms with Gasteiger partial charge in [-0.25, -0.2) is 0 Å². The van der Waals surface area contributed by atoms with Crippen molar-refractivity contribution >= 4 is 17.0 Å². The molecule has 1 aromatic carbocycles. The number of hydrogen-bond donors (Lipinski definition) is 1. The molecule has 0 fully saturated rings. The number of nitrogens with one attached hydrogen (secondary N) is 1. The molecule has 82 valence electrons. The fourth-order valence-corrected chi connectivity index (χ4v) is 1.63. The van der Waals surface area contributed by atoms with E-state index in [0.717, 1.165) is 24.0 Å². The van der Waals surface area contributed by atoms with Crippen LogP contribution in [-0.4, -0.2) is 18.6 Å². The molecule has 2 nitrogen and oxygen atoms in total. The summed E-state index contributed by atoms with van der Waals surface area (Å²) >= 11 is 0. The van der Waals surface area contributed by atoms with Crippen LogP contribution in [-0.2, 0) is 0 Å². The first-order valence-corrected chi connectivity index (χ1v) is 5.56. The smallest absolute Gasteiger partial charge is 0.0702 e. The molecule has 1 N–H and O–H groups in total. The van der Waals surface area contributed by atoms with Crippen molar-refractivity contribution in [1.82, 2.24) is 10.3 Å². The highest BCUT2D eigenvalue weighted by molar-refractivity contribution is 5.80. The summed E-state index contributed by atoms with van der Waals surface area (Å²) in [5, 5.41) is 4.31. The van der Waals surface area contributed by atoms with Crippen LogP contribution in [0.2, 0.25) is 0 Å². The second kappa shape index (κ2) is 5.42. The predicted molar refractivity (Wildman–Crippen MR) is 69.3 cm³/mol. The Morgan fingerprint density at radius 3 is 3.06 bits per heavy atom. The van der Waals surface area contributed by atoms with E-state index in [4.69, 9.17) is 0 Å². The van der Waals surface area contributed by atoms with E-state index >= 15 is 0 Å². The summed E-state index contributed by atoms with van der Waals surface area (Å²) in [6, 6.07) is 10.3. The Balaban J connectivity index is 2.16. The molecule has 0 spiro atoms. The van der Waals surface area contributed by atoms with Crippen molar-refractivity contribution in [2.24, 2.45) is 0 Å². The van der Waals surface area contributed by atoms with Crippen molar-refractivity contribution in [3.05, 3.63) is 48.2 Å². The van der Waals surface area contributed by atoms with Crippen molar-refractivity contribution in [3.63, 3.8) is 0 Å². The number of hydrogen-bond acceptors (Lipinski definition) is 2. The van der Waals surface area contributed by atoms with Gasteiger partial charge in [-0.15, -0.1) is 0 Å². The average Bonchev–Trinajstić information content (AvgIpc) is 2.34. The van der Waals surface area contributed by atoms with Gasteiger partial charge in [0.15, 0.2) is 0 Å². The van der Waals surface area contributed by atoms with E-state index in [1.54, 1.807) is 0 Å². The van der Waals surface area contributed by atoms with Crippen LogP contribution in [0.1, 0.15) is 12.0 Å². The van der Waals surface area contributed by atoms with Crippen LogP contribution < -0.4 is 5.32 Å². The van der Waals surface area contributed by atoms with Crippen LogP contribution in [0.25, 0.3) is 17.0 Å². The van der Waals surface area contributed by atoms with Gasteiger partial charge in [0, 0.05) is 11.6 Å². The third-order valence-electron chi connectivity index (χ3n) is 2.48. The highest BCUT2D eigenvalue weighted by Crippen LogP contribution is 2.13. The topological polar surface area (TPSA) is 24.9 Å². The standard InChI is InChI=1S/C14H16N2/c1-15-9-5-4-6-12-10-13-7-2-3-8-14(13)16-11-12/h2-4,6-8,10-11,15H,5,9H2,1H3. The molecule has 0 radical (unpaired) electrons. The third-order valence-corrected chi connectivity index (χ3v) is 2.48. The summed E-state index contributed by atoms with van der Waals surface area (Å²) in [5.74, 6) is 0. The lowest BCUT2D eigenvalue weighted by atomic mass is 10.1. The lowest BCUT2D eigenvalue weighted by Gasteiger charge is -1.98. The molecule has 0 aliphatic carbocycles. The molecule has 0 unspecified atom stereocenters. The number of nitrogens with zero attached hydrogens (tertiary/aromatic N) is 1. The molecule has 2 heteroatoms. The highest BCUT2D eigenvalue weighted by Gasteiger charge is 1.93. The summed E-state index contributed by atoms with van der Waals surface area (Å²) in [6.45, 7) is 1.01. The fourth-order valence-electron chi connectivity index (χ4n) is 1.63. The first-order chi connectivity index (χ1) is 7.90. The molecule has 0 atom stereocenters. The minimum absolute atomic E-state index is 1.01. The van der Waals surface area contributed by atoms with E-state index in [0.29, 0.717) is 0 Å². The Kier molecular flexibility index (Phi) is 3.67.